The van der Waals surface area contributed by atoms with E-state index in [-0.39, 0.29) is 12.5 Å². The molecule has 3 rings (SSSR count). The molecule has 3 aromatic carbocycles. The lowest BCUT2D eigenvalue weighted by Gasteiger charge is -2.13. The Bertz CT molecular complexity index is 983. The summed E-state index contributed by atoms with van der Waals surface area (Å²) in [5, 5.41) is 6.73. The number of hydrogen-bond acceptors (Lipinski definition) is 4. The van der Waals surface area contributed by atoms with Gasteiger partial charge in [0.05, 0.1) is 12.1 Å². The van der Waals surface area contributed by atoms with Crippen LogP contribution < -0.4 is 20.1 Å². The number of para-hydroxylation sites is 1. The molecule has 0 fully saturated rings. The van der Waals surface area contributed by atoms with Crippen LogP contribution in [0.25, 0.3) is 0 Å². The Morgan fingerprint density at radius 1 is 1.00 bits per heavy atom. The summed E-state index contributed by atoms with van der Waals surface area (Å²) in [5.41, 5.74) is 2.64. The topological polar surface area (TPSA) is 59.6 Å². The minimum Gasteiger partial charge on any atom is -0.493 e. The summed E-state index contributed by atoms with van der Waals surface area (Å²) in [6.07, 6.45) is 0. The first-order valence-corrected chi connectivity index (χ1v) is 10.1. The molecular formula is C22H20BrClN2O3. The third kappa shape index (κ3) is 6.14. The van der Waals surface area contributed by atoms with E-state index in [4.69, 9.17) is 21.1 Å². The van der Waals surface area contributed by atoms with Gasteiger partial charge in [-0.15, -0.1) is 0 Å². The molecule has 0 saturated heterocycles. The van der Waals surface area contributed by atoms with E-state index in [1.165, 1.54) is 0 Å². The fourth-order valence-corrected chi connectivity index (χ4v) is 3.04. The predicted molar refractivity (Wildman–Crippen MR) is 120 cm³/mol. The molecule has 7 heteroatoms. The Kier molecular flexibility index (Phi) is 7.38. The molecule has 5 nitrogen and oxygen atoms in total. The monoisotopic (exact) mass is 474 g/mol. The summed E-state index contributed by atoms with van der Waals surface area (Å²) in [4.78, 5) is 12.1. The fraction of sp³-hybridized carbons (Fsp3) is 0.136. The van der Waals surface area contributed by atoms with E-state index in [0.29, 0.717) is 23.1 Å². The van der Waals surface area contributed by atoms with Crippen LogP contribution in [-0.4, -0.2) is 19.6 Å². The van der Waals surface area contributed by atoms with Crippen molar-refractivity contribution in [3.05, 3.63) is 81.8 Å². The van der Waals surface area contributed by atoms with Crippen molar-refractivity contribution >= 4 is 44.8 Å². The van der Waals surface area contributed by atoms with Gasteiger partial charge in [-0.3, -0.25) is 4.79 Å². The van der Waals surface area contributed by atoms with E-state index < -0.39 is 0 Å². The number of nitrogens with one attached hydrogen (secondary N) is 2. The second-order valence-electron chi connectivity index (χ2n) is 6.17. The van der Waals surface area contributed by atoms with Gasteiger partial charge < -0.3 is 20.1 Å². The number of ether oxygens (including phenoxy) is 2. The van der Waals surface area contributed by atoms with Crippen molar-refractivity contribution in [3.63, 3.8) is 0 Å². The maximum absolute atomic E-state index is 12.1. The number of rotatable bonds is 8. The molecule has 0 aliphatic carbocycles. The van der Waals surface area contributed by atoms with E-state index in [2.05, 4.69) is 26.6 Å². The lowest BCUT2D eigenvalue weighted by molar-refractivity contribution is -0.118. The Balaban J connectivity index is 1.58. The summed E-state index contributed by atoms with van der Waals surface area (Å²) in [7, 11) is 1.57. The van der Waals surface area contributed by atoms with Crippen molar-refractivity contribution in [3.8, 4) is 11.5 Å². The van der Waals surface area contributed by atoms with Gasteiger partial charge in [0.1, 0.15) is 0 Å². The normalized spacial score (nSPS) is 10.3. The Labute approximate surface area is 183 Å². The van der Waals surface area contributed by atoms with Gasteiger partial charge in [0, 0.05) is 22.4 Å². The molecule has 29 heavy (non-hydrogen) atoms. The Morgan fingerprint density at radius 3 is 2.52 bits per heavy atom. The number of methoxy groups -OCH3 is 1. The number of anilines is 2. The van der Waals surface area contributed by atoms with Crippen LogP contribution in [0, 0.1) is 0 Å². The van der Waals surface area contributed by atoms with Crippen LogP contribution in [0.4, 0.5) is 11.4 Å². The SMILES string of the molecule is COc1cc(CNc2ccc(Br)c(Cl)c2)ccc1OCC(=O)Nc1ccccc1. The zero-order valence-electron chi connectivity index (χ0n) is 15.7. The van der Waals surface area contributed by atoms with Crippen molar-refractivity contribution in [2.24, 2.45) is 0 Å². The van der Waals surface area contributed by atoms with Crippen LogP contribution in [0.2, 0.25) is 5.02 Å². The summed E-state index contributed by atoms with van der Waals surface area (Å²) in [6.45, 7) is 0.476. The Hall–Kier alpha value is -2.70. The number of carbonyl (C=O) groups excluding carboxylic acids is 1. The number of benzene rings is 3. The summed E-state index contributed by atoms with van der Waals surface area (Å²) in [6, 6.07) is 20.5. The van der Waals surface area contributed by atoms with E-state index in [9.17, 15) is 4.79 Å². The average molecular weight is 476 g/mol. The van der Waals surface area contributed by atoms with Gasteiger partial charge in [0.15, 0.2) is 18.1 Å². The lowest BCUT2D eigenvalue weighted by Crippen LogP contribution is -2.20. The first-order chi connectivity index (χ1) is 14.0. The van der Waals surface area contributed by atoms with E-state index in [1.807, 2.05) is 60.7 Å². The number of amides is 1. The number of halogens is 2. The van der Waals surface area contributed by atoms with Gasteiger partial charge in [-0.05, 0) is 64.0 Å². The maximum Gasteiger partial charge on any atom is 0.262 e. The van der Waals surface area contributed by atoms with Gasteiger partial charge in [-0.25, -0.2) is 0 Å². The average Bonchev–Trinajstić information content (AvgIpc) is 2.74. The minimum absolute atomic E-state index is 0.111. The van der Waals surface area contributed by atoms with Crippen LogP contribution in [0.15, 0.2) is 71.2 Å². The largest absolute Gasteiger partial charge is 0.493 e. The van der Waals surface area contributed by atoms with E-state index in [0.717, 1.165) is 21.4 Å². The zero-order chi connectivity index (χ0) is 20.6. The summed E-state index contributed by atoms with van der Waals surface area (Å²) >= 11 is 9.50. The van der Waals surface area contributed by atoms with Crippen LogP contribution >= 0.6 is 27.5 Å². The molecule has 0 unspecified atom stereocenters. The van der Waals surface area contributed by atoms with Crippen molar-refractivity contribution in [2.75, 3.05) is 24.4 Å². The van der Waals surface area contributed by atoms with Gasteiger partial charge in [0.2, 0.25) is 0 Å². The number of carbonyl (C=O) groups is 1. The molecule has 2 N–H and O–H groups in total. The van der Waals surface area contributed by atoms with Crippen molar-refractivity contribution in [1.29, 1.82) is 0 Å². The smallest absolute Gasteiger partial charge is 0.262 e. The summed E-state index contributed by atoms with van der Waals surface area (Å²) in [5.74, 6) is 0.827. The van der Waals surface area contributed by atoms with Gasteiger partial charge in [-0.2, -0.15) is 0 Å². The number of hydrogen-bond donors (Lipinski definition) is 2. The predicted octanol–water partition coefficient (Wildman–Crippen LogP) is 5.74. The molecule has 0 heterocycles. The third-order valence-corrected chi connectivity index (χ3v) is 5.29. The molecule has 0 aliphatic rings. The first kappa shape index (κ1) is 21.0. The Morgan fingerprint density at radius 2 is 1.79 bits per heavy atom. The quantitative estimate of drug-likeness (QED) is 0.436. The third-order valence-electron chi connectivity index (χ3n) is 4.06. The van der Waals surface area contributed by atoms with E-state index in [1.54, 1.807) is 13.2 Å². The van der Waals surface area contributed by atoms with Crippen LogP contribution in [-0.2, 0) is 11.3 Å². The lowest BCUT2D eigenvalue weighted by atomic mass is 10.2. The fourth-order valence-electron chi connectivity index (χ4n) is 2.61. The molecule has 3 aromatic rings. The van der Waals surface area contributed by atoms with Crippen molar-refractivity contribution < 1.29 is 14.3 Å². The van der Waals surface area contributed by atoms with Crippen molar-refractivity contribution in [1.82, 2.24) is 0 Å². The summed E-state index contributed by atoms with van der Waals surface area (Å²) < 4.78 is 11.9. The van der Waals surface area contributed by atoms with Gasteiger partial charge in [-0.1, -0.05) is 35.9 Å². The van der Waals surface area contributed by atoms with E-state index >= 15 is 0 Å². The molecular weight excluding hydrogens is 456 g/mol. The highest BCUT2D eigenvalue weighted by Crippen LogP contribution is 2.29. The second-order valence-corrected chi connectivity index (χ2v) is 7.43. The van der Waals surface area contributed by atoms with Crippen LogP contribution in [0.3, 0.4) is 0 Å². The molecule has 0 spiro atoms. The molecule has 0 atom stereocenters. The highest BCUT2D eigenvalue weighted by Gasteiger charge is 2.09. The van der Waals surface area contributed by atoms with Crippen LogP contribution in [0.1, 0.15) is 5.56 Å². The molecule has 0 aromatic heterocycles. The van der Waals surface area contributed by atoms with Crippen molar-refractivity contribution in [2.45, 2.75) is 6.54 Å². The first-order valence-electron chi connectivity index (χ1n) is 8.88. The molecule has 1 amide bonds. The standard InChI is InChI=1S/C22H20BrClN2O3/c1-28-21-11-15(13-25-17-8-9-18(23)19(24)12-17)7-10-20(21)29-14-22(27)26-16-5-3-2-4-6-16/h2-12,25H,13-14H2,1H3,(H,26,27). The molecule has 150 valence electrons. The molecule has 0 aliphatic heterocycles. The molecule has 0 radical (unpaired) electrons. The van der Waals surface area contributed by atoms with Gasteiger partial charge >= 0.3 is 0 Å². The molecule has 0 bridgehead atoms. The zero-order valence-corrected chi connectivity index (χ0v) is 18.1. The minimum atomic E-state index is -0.240. The maximum atomic E-state index is 12.1. The highest BCUT2D eigenvalue weighted by molar-refractivity contribution is 9.10. The molecule has 0 saturated carbocycles. The van der Waals surface area contributed by atoms with Gasteiger partial charge in [0.25, 0.3) is 5.91 Å². The highest BCUT2D eigenvalue weighted by atomic mass is 79.9. The second kappa shape index (κ2) is 10.2. The van der Waals surface area contributed by atoms with Crippen LogP contribution in [0.5, 0.6) is 11.5 Å².